The van der Waals surface area contributed by atoms with E-state index >= 15 is 0 Å². The van der Waals surface area contributed by atoms with Gasteiger partial charge in [0.25, 0.3) is 11.8 Å². The maximum absolute atomic E-state index is 12.2. The first-order valence-electron chi connectivity index (χ1n) is 5.45. The lowest BCUT2D eigenvalue weighted by Gasteiger charge is -2.07. The quantitative estimate of drug-likeness (QED) is 0.851. The Labute approximate surface area is 119 Å². The minimum atomic E-state index is -0.547. The Morgan fingerprint density at radius 2 is 1.95 bits per heavy atom. The molecule has 6 heteroatoms. The van der Waals surface area contributed by atoms with Crippen molar-refractivity contribution in [3.05, 3.63) is 46.8 Å². The second-order valence-corrected chi connectivity index (χ2v) is 5.45. The average Bonchev–Trinajstić information content (AvgIpc) is 2.87. The molecule has 98 valence electrons. The number of nitrogens with one attached hydrogen (secondary N) is 1. The smallest absolute Gasteiger partial charge is 0.257 e. The van der Waals surface area contributed by atoms with Crippen LogP contribution in [0.5, 0.6) is 0 Å². The van der Waals surface area contributed by atoms with Crippen LogP contribution in [-0.2, 0) is 0 Å². The number of hydrogen-bond acceptors (Lipinski definition) is 4. The zero-order valence-electron chi connectivity index (χ0n) is 10.2. The first kappa shape index (κ1) is 13.6. The number of amides is 2. The molecule has 0 radical (unpaired) electrons. The summed E-state index contributed by atoms with van der Waals surface area (Å²) in [4.78, 5) is 24.3. The Balaban J connectivity index is 2.26. The lowest BCUT2D eigenvalue weighted by Crippen LogP contribution is -2.17. The number of nitrogens with two attached hydrogens (primary N) is 1. The zero-order chi connectivity index (χ0) is 13.8. The van der Waals surface area contributed by atoms with E-state index in [1.165, 1.54) is 23.1 Å². The van der Waals surface area contributed by atoms with E-state index < -0.39 is 5.91 Å². The van der Waals surface area contributed by atoms with Gasteiger partial charge in [0.1, 0.15) is 5.00 Å². The van der Waals surface area contributed by atoms with Crippen LogP contribution in [0.2, 0.25) is 0 Å². The summed E-state index contributed by atoms with van der Waals surface area (Å²) < 4.78 is 0. The highest BCUT2D eigenvalue weighted by Crippen LogP contribution is 2.25. The summed E-state index contributed by atoms with van der Waals surface area (Å²) in [6.45, 7) is 0. The van der Waals surface area contributed by atoms with Crippen LogP contribution in [-0.4, -0.2) is 18.1 Å². The molecule has 1 aromatic carbocycles. The summed E-state index contributed by atoms with van der Waals surface area (Å²) in [5.74, 6) is -0.787. The Morgan fingerprint density at radius 3 is 2.63 bits per heavy atom. The molecule has 0 spiro atoms. The summed E-state index contributed by atoms with van der Waals surface area (Å²) in [6, 6.07) is 8.91. The second kappa shape index (κ2) is 5.90. The van der Waals surface area contributed by atoms with Gasteiger partial charge < -0.3 is 11.1 Å². The molecule has 0 aliphatic heterocycles. The van der Waals surface area contributed by atoms with E-state index in [1.54, 1.807) is 23.6 Å². The summed E-state index contributed by atoms with van der Waals surface area (Å²) in [7, 11) is 0. The number of carbonyl (C=O) groups is 2. The van der Waals surface area contributed by atoms with Gasteiger partial charge in [-0.1, -0.05) is 12.1 Å². The molecule has 2 rings (SSSR count). The second-order valence-electron chi connectivity index (χ2n) is 3.68. The Bertz CT molecular complexity index is 623. The lowest BCUT2D eigenvalue weighted by molar-refractivity contribution is 0.100. The minimum Gasteiger partial charge on any atom is -0.366 e. The highest BCUT2D eigenvalue weighted by Gasteiger charge is 2.15. The SMILES string of the molecule is CSc1ccccc1C(=O)Nc1sccc1C(N)=O. The monoisotopic (exact) mass is 292 g/mol. The molecule has 0 unspecified atom stereocenters. The molecule has 4 nitrogen and oxygen atoms in total. The first-order valence-corrected chi connectivity index (χ1v) is 7.55. The standard InChI is InChI=1S/C13H12N2O2S2/c1-18-10-5-3-2-4-8(10)12(17)15-13-9(11(14)16)6-7-19-13/h2-7H,1H3,(H2,14,16)(H,15,17). The van der Waals surface area contributed by atoms with Crippen molar-refractivity contribution in [1.29, 1.82) is 0 Å². The maximum atomic E-state index is 12.2. The van der Waals surface area contributed by atoms with Crippen molar-refractivity contribution in [3.8, 4) is 0 Å². The molecular weight excluding hydrogens is 280 g/mol. The van der Waals surface area contributed by atoms with Gasteiger partial charge >= 0.3 is 0 Å². The molecule has 0 saturated heterocycles. The molecule has 0 aliphatic carbocycles. The molecular formula is C13H12N2O2S2. The van der Waals surface area contributed by atoms with E-state index in [2.05, 4.69) is 5.32 Å². The van der Waals surface area contributed by atoms with Gasteiger partial charge in [0, 0.05) is 4.90 Å². The Morgan fingerprint density at radius 1 is 1.21 bits per heavy atom. The van der Waals surface area contributed by atoms with Crippen molar-refractivity contribution in [3.63, 3.8) is 0 Å². The fourth-order valence-electron chi connectivity index (χ4n) is 1.60. The predicted molar refractivity (Wildman–Crippen MR) is 79.0 cm³/mol. The van der Waals surface area contributed by atoms with E-state index in [-0.39, 0.29) is 5.91 Å². The fourth-order valence-corrected chi connectivity index (χ4v) is 2.99. The molecule has 2 amide bonds. The summed E-state index contributed by atoms with van der Waals surface area (Å²) in [6.07, 6.45) is 1.91. The highest BCUT2D eigenvalue weighted by atomic mass is 32.2. The summed E-state index contributed by atoms with van der Waals surface area (Å²) in [5.41, 5.74) is 6.16. The van der Waals surface area contributed by atoms with E-state index in [1.807, 2.05) is 18.4 Å². The molecule has 19 heavy (non-hydrogen) atoms. The van der Waals surface area contributed by atoms with Crippen LogP contribution in [0.15, 0.2) is 40.6 Å². The van der Waals surface area contributed by atoms with Crippen molar-refractivity contribution in [2.45, 2.75) is 4.90 Å². The van der Waals surface area contributed by atoms with Crippen LogP contribution < -0.4 is 11.1 Å². The van der Waals surface area contributed by atoms with Gasteiger partial charge in [0.15, 0.2) is 0 Å². The number of primary amides is 1. The normalized spacial score (nSPS) is 10.2. The molecule has 0 fully saturated rings. The largest absolute Gasteiger partial charge is 0.366 e. The van der Waals surface area contributed by atoms with Gasteiger partial charge in [0.2, 0.25) is 0 Å². The van der Waals surface area contributed by atoms with Gasteiger partial charge in [0.05, 0.1) is 11.1 Å². The van der Waals surface area contributed by atoms with Crippen molar-refractivity contribution in [2.75, 3.05) is 11.6 Å². The van der Waals surface area contributed by atoms with E-state index in [0.29, 0.717) is 16.1 Å². The van der Waals surface area contributed by atoms with Gasteiger partial charge in [-0.3, -0.25) is 9.59 Å². The number of benzene rings is 1. The molecule has 1 aromatic heterocycles. The first-order chi connectivity index (χ1) is 9.13. The van der Waals surface area contributed by atoms with Crippen LogP contribution in [0.3, 0.4) is 0 Å². The number of rotatable bonds is 4. The van der Waals surface area contributed by atoms with Crippen LogP contribution in [0.25, 0.3) is 0 Å². The van der Waals surface area contributed by atoms with E-state index in [9.17, 15) is 9.59 Å². The van der Waals surface area contributed by atoms with Gasteiger partial charge in [-0.25, -0.2) is 0 Å². The maximum Gasteiger partial charge on any atom is 0.257 e. The number of anilines is 1. The average molecular weight is 292 g/mol. The number of thiophene rings is 1. The zero-order valence-corrected chi connectivity index (χ0v) is 11.8. The fraction of sp³-hybridized carbons (Fsp3) is 0.0769. The van der Waals surface area contributed by atoms with Crippen molar-refractivity contribution in [2.24, 2.45) is 5.73 Å². The highest BCUT2D eigenvalue weighted by molar-refractivity contribution is 7.98. The van der Waals surface area contributed by atoms with Crippen LogP contribution in [0.1, 0.15) is 20.7 Å². The molecule has 0 bridgehead atoms. The number of thioether (sulfide) groups is 1. The van der Waals surface area contributed by atoms with Crippen molar-refractivity contribution in [1.82, 2.24) is 0 Å². The summed E-state index contributed by atoms with van der Waals surface area (Å²) >= 11 is 2.77. The Hall–Kier alpha value is -1.79. The molecule has 1 heterocycles. The van der Waals surface area contributed by atoms with Crippen molar-refractivity contribution >= 4 is 39.9 Å². The number of carbonyl (C=O) groups excluding carboxylic acids is 2. The Kier molecular flexibility index (Phi) is 4.24. The minimum absolute atomic E-state index is 0.241. The molecule has 0 aliphatic rings. The molecule has 0 saturated carbocycles. The molecule has 3 N–H and O–H groups in total. The third-order valence-corrected chi connectivity index (χ3v) is 4.14. The summed E-state index contributed by atoms with van der Waals surface area (Å²) in [5, 5.41) is 4.93. The topological polar surface area (TPSA) is 72.2 Å². The van der Waals surface area contributed by atoms with Gasteiger partial charge in [-0.15, -0.1) is 23.1 Å². The molecule has 0 atom stereocenters. The predicted octanol–water partition coefficient (Wildman–Crippen LogP) is 2.82. The molecule has 2 aromatic rings. The van der Waals surface area contributed by atoms with Crippen LogP contribution >= 0.6 is 23.1 Å². The lowest BCUT2D eigenvalue weighted by atomic mass is 10.2. The van der Waals surface area contributed by atoms with E-state index in [4.69, 9.17) is 5.73 Å². The van der Waals surface area contributed by atoms with Crippen LogP contribution in [0.4, 0.5) is 5.00 Å². The van der Waals surface area contributed by atoms with Gasteiger partial charge in [-0.05, 0) is 29.8 Å². The third-order valence-electron chi connectivity index (χ3n) is 2.51. The van der Waals surface area contributed by atoms with Gasteiger partial charge in [-0.2, -0.15) is 0 Å². The van der Waals surface area contributed by atoms with Crippen molar-refractivity contribution < 1.29 is 9.59 Å². The van der Waals surface area contributed by atoms with E-state index in [0.717, 1.165) is 4.90 Å². The third kappa shape index (κ3) is 2.97. The number of hydrogen-bond donors (Lipinski definition) is 2. The van der Waals surface area contributed by atoms with Crippen LogP contribution in [0, 0.1) is 0 Å².